The Hall–Kier alpha value is -1.11. The Morgan fingerprint density at radius 3 is 2.64 bits per heavy atom. The van der Waals surface area contributed by atoms with Gasteiger partial charge in [-0.1, -0.05) is 6.07 Å². The van der Waals surface area contributed by atoms with Crippen molar-refractivity contribution in [1.29, 1.82) is 0 Å². The molecule has 1 heterocycles. The zero-order valence-electron chi connectivity index (χ0n) is 7.40. The molecule has 0 unspecified atom stereocenters. The molecular weight excluding hydrogens is 197 g/mol. The Balaban J connectivity index is 0.000000980. The summed E-state index contributed by atoms with van der Waals surface area (Å²) in [6.07, 6.45) is 0. The average molecular weight is 202 g/mol. The van der Waals surface area contributed by atoms with Crippen molar-refractivity contribution in [3.05, 3.63) is 38.8 Å². The fourth-order valence-corrected chi connectivity index (χ4v) is 1.19. The van der Waals surface area contributed by atoms with Gasteiger partial charge in [0.15, 0.2) is 0 Å². The molecule has 1 aromatic heterocycles. The molecule has 2 aromatic rings. The Bertz CT molecular complexity index is 530. The van der Waals surface area contributed by atoms with Crippen LogP contribution in [0, 0.1) is 10.1 Å². The van der Waals surface area contributed by atoms with Crippen molar-refractivity contribution in [3.63, 3.8) is 0 Å². The van der Waals surface area contributed by atoms with E-state index in [1.54, 1.807) is 6.07 Å². The minimum absolute atomic E-state index is 0. The largest absolute Gasteiger partial charge is 0.324 e. The molecule has 0 fully saturated rings. The van der Waals surface area contributed by atoms with Gasteiger partial charge in [-0.3, -0.25) is 10.1 Å². The van der Waals surface area contributed by atoms with Gasteiger partial charge in [0.1, 0.15) is 5.52 Å². The maximum absolute atomic E-state index is 10.8. The molecule has 0 amide bonds. The molecule has 67 valence electrons. The molecule has 0 saturated heterocycles. The number of fused-ring (bicyclic) bond motifs is 1. The Morgan fingerprint density at radius 2 is 2.00 bits per heavy atom. The van der Waals surface area contributed by atoms with Gasteiger partial charge in [-0.05, 0) is 6.07 Å². The number of H-pyrrole nitrogens is 2. The first kappa shape index (κ1) is 11.0. The normalized spacial score (nSPS) is 9.71. The second kappa shape index (κ2) is 3.95. The van der Waals surface area contributed by atoms with Gasteiger partial charge in [-0.15, -0.1) is 0 Å². The first-order valence-corrected chi connectivity index (χ1v) is 3.54. The van der Waals surface area contributed by atoms with Crippen LogP contribution in [-0.2, 0) is 0 Å². The topological polar surface area (TPSA) is 91.8 Å². The Labute approximate surface area is 99.8 Å². The van der Waals surface area contributed by atoms with Crippen LogP contribution in [0.3, 0.4) is 0 Å². The molecule has 7 heteroatoms. The van der Waals surface area contributed by atoms with Crippen LogP contribution in [0.1, 0.15) is 0 Å². The number of para-hydroxylation sites is 1. The predicted octanol–water partition coefficient (Wildman–Crippen LogP) is 0.384. The number of nitro groups is 1. The molecule has 2 N–H and O–H groups in total. The molecule has 14 heavy (non-hydrogen) atoms. The van der Waals surface area contributed by atoms with Gasteiger partial charge in [0, 0.05) is 35.6 Å². The second-order valence-corrected chi connectivity index (χ2v) is 2.54. The first-order chi connectivity index (χ1) is 6.18. The second-order valence-electron chi connectivity index (χ2n) is 2.54. The van der Waals surface area contributed by atoms with Crippen molar-refractivity contribution in [2.75, 3.05) is 0 Å². The van der Waals surface area contributed by atoms with Gasteiger partial charge in [0.25, 0.3) is 5.69 Å². The summed E-state index contributed by atoms with van der Waals surface area (Å²) in [5.74, 6) is 0. The van der Waals surface area contributed by atoms with Gasteiger partial charge in [-0.25, -0.2) is 4.79 Å². The molecule has 0 bridgehead atoms. The summed E-state index contributed by atoms with van der Waals surface area (Å²) in [6.45, 7) is 0. The van der Waals surface area contributed by atoms with E-state index in [4.69, 9.17) is 0 Å². The van der Waals surface area contributed by atoms with Crippen molar-refractivity contribution in [1.82, 2.24) is 9.97 Å². The zero-order chi connectivity index (χ0) is 9.42. The maximum Gasteiger partial charge on any atom is 0.324 e. The van der Waals surface area contributed by atoms with Crippen LogP contribution >= 0.6 is 0 Å². The number of rotatable bonds is 1. The van der Waals surface area contributed by atoms with E-state index in [9.17, 15) is 14.9 Å². The quantitative estimate of drug-likeness (QED) is 0.398. The number of aromatic nitrogens is 2. The summed E-state index contributed by atoms with van der Waals surface area (Å²) in [5.41, 5.74) is 0.136. The van der Waals surface area contributed by atoms with Crippen LogP contribution in [0.4, 0.5) is 5.69 Å². The molecule has 1 aromatic carbocycles. The van der Waals surface area contributed by atoms with E-state index in [0.29, 0.717) is 5.52 Å². The number of benzene rings is 1. The van der Waals surface area contributed by atoms with E-state index < -0.39 is 10.6 Å². The molecule has 0 aliphatic carbocycles. The number of hydrogen-bond donors (Lipinski definition) is 2. The van der Waals surface area contributed by atoms with Crippen molar-refractivity contribution in [2.24, 2.45) is 0 Å². The van der Waals surface area contributed by atoms with Gasteiger partial charge in [-0.2, -0.15) is 0 Å². The average Bonchev–Trinajstić information content (AvgIpc) is 2.43. The summed E-state index contributed by atoms with van der Waals surface area (Å²) in [5, 5.41) is 10.5. The Morgan fingerprint density at radius 1 is 1.29 bits per heavy atom. The third-order valence-corrected chi connectivity index (χ3v) is 1.73. The van der Waals surface area contributed by atoms with Crippen molar-refractivity contribution < 1.29 is 4.92 Å². The third kappa shape index (κ3) is 1.72. The van der Waals surface area contributed by atoms with Crippen LogP contribution in [0.15, 0.2) is 23.0 Å². The van der Waals surface area contributed by atoms with Gasteiger partial charge < -0.3 is 9.97 Å². The van der Waals surface area contributed by atoms with Crippen LogP contribution in [0.5, 0.6) is 0 Å². The first-order valence-electron chi connectivity index (χ1n) is 3.54. The van der Waals surface area contributed by atoms with E-state index in [0.717, 1.165) is 0 Å². The number of aromatic amines is 2. The summed E-state index contributed by atoms with van der Waals surface area (Å²) in [4.78, 5) is 25.6. The van der Waals surface area contributed by atoms with Gasteiger partial charge >= 0.3 is 5.69 Å². The number of nitrogens with zero attached hydrogens (tertiary/aromatic N) is 1. The monoisotopic (exact) mass is 202 g/mol. The summed E-state index contributed by atoms with van der Waals surface area (Å²) >= 11 is 0. The zero-order valence-corrected chi connectivity index (χ0v) is 9.40. The minimum Gasteiger partial charge on any atom is -0.305 e. The molecule has 0 aliphatic heterocycles. The van der Waals surface area contributed by atoms with E-state index in [2.05, 4.69) is 9.97 Å². The van der Waals surface area contributed by atoms with Crippen LogP contribution in [0.25, 0.3) is 11.0 Å². The number of hydrogen-bond acceptors (Lipinski definition) is 3. The van der Waals surface area contributed by atoms with Crippen LogP contribution in [-0.4, -0.2) is 44.4 Å². The third-order valence-electron chi connectivity index (χ3n) is 1.73. The van der Waals surface area contributed by atoms with E-state index >= 15 is 0 Å². The molecule has 0 saturated carbocycles. The van der Waals surface area contributed by atoms with Gasteiger partial charge in [0.05, 0.1) is 10.4 Å². The Kier molecular flexibility index (Phi) is 3.10. The van der Waals surface area contributed by atoms with Gasteiger partial charge in [0.2, 0.25) is 0 Å². The number of nitro benzene ring substituents is 1. The minimum atomic E-state index is -0.536. The fraction of sp³-hybridized carbons (Fsp3) is 0. The molecule has 1 radical (unpaired) electrons. The number of nitrogens with one attached hydrogen (secondary N) is 2. The fourth-order valence-electron chi connectivity index (χ4n) is 1.19. The molecule has 2 rings (SSSR count). The standard InChI is InChI=1S/C7H5N3O3.Na/c11-7-8-4-2-1-3-5(10(12)13)6(4)9-7;/h1-3H,(H2,8,9,11);. The molecular formula is C7H5N3NaO3. The summed E-state index contributed by atoms with van der Waals surface area (Å²) < 4.78 is 0. The van der Waals surface area contributed by atoms with E-state index in [1.165, 1.54) is 12.1 Å². The van der Waals surface area contributed by atoms with Crippen LogP contribution in [0.2, 0.25) is 0 Å². The molecule has 0 aliphatic rings. The summed E-state index contributed by atoms with van der Waals surface area (Å²) in [7, 11) is 0. The number of imidazole rings is 1. The SMILES string of the molecule is O=c1[nH]c2cccc([N+](=O)[O-])c2[nH]1.[Na]. The maximum atomic E-state index is 10.8. The van der Waals surface area contributed by atoms with Crippen molar-refractivity contribution >= 4 is 46.3 Å². The summed E-state index contributed by atoms with van der Waals surface area (Å²) in [6, 6.07) is 4.45. The smallest absolute Gasteiger partial charge is 0.305 e. The van der Waals surface area contributed by atoms with Crippen LogP contribution < -0.4 is 5.69 Å². The van der Waals surface area contributed by atoms with Crippen molar-refractivity contribution in [3.8, 4) is 0 Å². The van der Waals surface area contributed by atoms with Crippen molar-refractivity contribution in [2.45, 2.75) is 0 Å². The molecule has 0 spiro atoms. The molecule has 6 nitrogen and oxygen atoms in total. The predicted molar refractivity (Wildman–Crippen MR) is 51.3 cm³/mol. The van der Waals surface area contributed by atoms with E-state index in [1.807, 2.05) is 0 Å². The number of non-ortho nitro benzene ring substituents is 1. The molecule has 0 atom stereocenters. The van der Waals surface area contributed by atoms with E-state index in [-0.39, 0.29) is 40.8 Å².